The van der Waals surface area contributed by atoms with E-state index in [-0.39, 0.29) is 5.92 Å². The average Bonchev–Trinajstić information content (AvgIpc) is 2.83. The van der Waals surface area contributed by atoms with Gasteiger partial charge in [-0.25, -0.2) is 0 Å². The first-order chi connectivity index (χ1) is 8.14. The molecule has 1 N–H and O–H groups in total. The van der Waals surface area contributed by atoms with E-state index in [1.807, 2.05) is 31.2 Å². The lowest BCUT2D eigenvalue weighted by molar-refractivity contribution is 0.178. The second-order valence-electron chi connectivity index (χ2n) is 4.51. The van der Waals surface area contributed by atoms with E-state index in [1.165, 1.54) is 0 Å². The maximum absolute atomic E-state index is 9.38. The van der Waals surface area contributed by atoms with Crippen molar-refractivity contribution in [3.63, 3.8) is 0 Å². The van der Waals surface area contributed by atoms with Gasteiger partial charge in [-0.05, 0) is 31.5 Å². The Morgan fingerprint density at radius 3 is 3.00 bits per heavy atom. The van der Waals surface area contributed by atoms with Crippen LogP contribution in [0, 0.1) is 17.2 Å². The van der Waals surface area contributed by atoms with Gasteiger partial charge in [0.25, 0.3) is 0 Å². The predicted octanol–water partition coefficient (Wildman–Crippen LogP) is 3.07. The number of ether oxygens (including phenoxy) is 1. The molecule has 2 atom stereocenters. The fourth-order valence-electron chi connectivity index (χ4n) is 2.08. The molecule has 1 aromatic carbocycles. The van der Waals surface area contributed by atoms with Crippen LogP contribution < -0.4 is 5.32 Å². The molecule has 0 bridgehead atoms. The number of anilines is 1. The Hall–Kier alpha value is -1.24. The van der Waals surface area contributed by atoms with Crippen molar-refractivity contribution in [3.05, 3.63) is 29.3 Å². The monoisotopic (exact) mass is 250 g/mol. The zero-order valence-corrected chi connectivity index (χ0v) is 10.5. The number of nitrogens with one attached hydrogen (secondary N) is 1. The Morgan fingerprint density at radius 2 is 2.41 bits per heavy atom. The molecule has 4 heteroatoms. The number of rotatable bonds is 3. The number of nitrogens with zero attached hydrogens (tertiary/aromatic N) is 1. The second kappa shape index (κ2) is 4.95. The lowest BCUT2D eigenvalue weighted by Gasteiger charge is -2.29. The molecule has 2 unspecified atom stereocenters. The van der Waals surface area contributed by atoms with Crippen LogP contribution in [0.3, 0.4) is 0 Å². The summed E-state index contributed by atoms with van der Waals surface area (Å²) in [7, 11) is 0. The van der Waals surface area contributed by atoms with Gasteiger partial charge in [0.05, 0.1) is 12.7 Å². The molecule has 1 heterocycles. The minimum absolute atomic E-state index is 0.214. The molecule has 0 saturated carbocycles. The van der Waals surface area contributed by atoms with Gasteiger partial charge < -0.3 is 10.1 Å². The van der Waals surface area contributed by atoms with Crippen molar-refractivity contribution in [2.24, 2.45) is 5.92 Å². The average molecular weight is 251 g/mol. The molecule has 0 radical (unpaired) electrons. The quantitative estimate of drug-likeness (QED) is 0.897. The minimum Gasteiger partial charge on any atom is -0.381 e. The van der Waals surface area contributed by atoms with Gasteiger partial charge in [-0.15, -0.1) is 0 Å². The summed E-state index contributed by atoms with van der Waals surface area (Å²) in [6.45, 7) is 3.28. The topological polar surface area (TPSA) is 45.0 Å². The lowest BCUT2D eigenvalue weighted by Crippen LogP contribution is -2.41. The van der Waals surface area contributed by atoms with Crippen molar-refractivity contribution >= 4 is 17.3 Å². The molecule has 17 heavy (non-hydrogen) atoms. The molecule has 0 aliphatic carbocycles. The van der Waals surface area contributed by atoms with Crippen LogP contribution >= 0.6 is 11.6 Å². The van der Waals surface area contributed by atoms with Gasteiger partial charge in [-0.1, -0.05) is 17.7 Å². The van der Waals surface area contributed by atoms with Gasteiger partial charge >= 0.3 is 0 Å². The third-order valence-electron chi connectivity index (χ3n) is 3.21. The van der Waals surface area contributed by atoms with E-state index in [0.717, 1.165) is 18.7 Å². The van der Waals surface area contributed by atoms with Crippen LogP contribution in [0.25, 0.3) is 0 Å². The molecule has 0 aromatic heterocycles. The molecule has 90 valence electrons. The normalized spacial score (nSPS) is 22.8. The number of hydrogen-bond acceptors (Lipinski definition) is 3. The number of hydrogen-bond donors (Lipinski definition) is 1. The van der Waals surface area contributed by atoms with E-state index < -0.39 is 5.54 Å². The highest BCUT2D eigenvalue weighted by Gasteiger charge is 2.37. The van der Waals surface area contributed by atoms with Gasteiger partial charge in [0.1, 0.15) is 5.54 Å². The van der Waals surface area contributed by atoms with Crippen LogP contribution in [0.15, 0.2) is 24.3 Å². The van der Waals surface area contributed by atoms with Gasteiger partial charge in [0.15, 0.2) is 0 Å². The number of benzene rings is 1. The summed E-state index contributed by atoms with van der Waals surface area (Å²) < 4.78 is 5.35. The van der Waals surface area contributed by atoms with Crippen LogP contribution in [0.5, 0.6) is 0 Å². The van der Waals surface area contributed by atoms with Crippen LogP contribution in [0.1, 0.15) is 13.3 Å². The lowest BCUT2D eigenvalue weighted by atomic mass is 9.86. The molecule has 3 nitrogen and oxygen atoms in total. The smallest absolute Gasteiger partial charge is 0.127 e. The minimum atomic E-state index is -0.610. The Labute approximate surface area is 106 Å². The largest absolute Gasteiger partial charge is 0.381 e. The predicted molar refractivity (Wildman–Crippen MR) is 68.0 cm³/mol. The maximum Gasteiger partial charge on any atom is 0.127 e. The molecule has 0 spiro atoms. The van der Waals surface area contributed by atoms with Crippen LogP contribution in [-0.2, 0) is 4.74 Å². The van der Waals surface area contributed by atoms with Gasteiger partial charge in [0.2, 0.25) is 0 Å². The van der Waals surface area contributed by atoms with Gasteiger partial charge in [0, 0.05) is 23.2 Å². The van der Waals surface area contributed by atoms with Crippen molar-refractivity contribution in [2.75, 3.05) is 18.5 Å². The molecule has 1 aliphatic rings. The van der Waals surface area contributed by atoms with Crippen molar-refractivity contribution in [3.8, 4) is 6.07 Å². The standard InChI is InChI=1S/C13H15ClN2O/c1-13(9-15,10-5-6-17-8-10)16-12-4-2-3-11(14)7-12/h2-4,7,10,16H,5-6,8H2,1H3. The van der Waals surface area contributed by atoms with Crippen molar-refractivity contribution in [2.45, 2.75) is 18.9 Å². The van der Waals surface area contributed by atoms with E-state index in [1.54, 1.807) is 0 Å². The zero-order chi connectivity index (χ0) is 12.3. The van der Waals surface area contributed by atoms with Gasteiger partial charge in [-0.3, -0.25) is 0 Å². The van der Waals surface area contributed by atoms with Crippen molar-refractivity contribution in [1.29, 1.82) is 5.26 Å². The first kappa shape index (κ1) is 12.2. The van der Waals surface area contributed by atoms with E-state index in [9.17, 15) is 5.26 Å². The maximum atomic E-state index is 9.38. The molecule has 1 fully saturated rings. The first-order valence-corrected chi connectivity index (χ1v) is 6.04. The molecular formula is C13H15ClN2O. The third-order valence-corrected chi connectivity index (χ3v) is 3.44. The fraction of sp³-hybridized carbons (Fsp3) is 0.462. The fourth-order valence-corrected chi connectivity index (χ4v) is 2.27. The Morgan fingerprint density at radius 1 is 1.59 bits per heavy atom. The summed E-state index contributed by atoms with van der Waals surface area (Å²) in [6, 6.07) is 9.78. The molecular weight excluding hydrogens is 236 g/mol. The summed E-state index contributed by atoms with van der Waals surface area (Å²) >= 11 is 5.93. The highest BCUT2D eigenvalue weighted by atomic mass is 35.5. The summed E-state index contributed by atoms with van der Waals surface area (Å²) in [6.07, 6.45) is 0.914. The van der Waals surface area contributed by atoms with Crippen LogP contribution in [0.4, 0.5) is 5.69 Å². The molecule has 1 aliphatic heterocycles. The Balaban J connectivity index is 2.17. The SMILES string of the molecule is CC(C#N)(Nc1cccc(Cl)c1)C1CCOC1. The zero-order valence-electron chi connectivity index (χ0n) is 9.74. The second-order valence-corrected chi connectivity index (χ2v) is 4.95. The third kappa shape index (κ3) is 2.71. The Bertz CT molecular complexity index is 437. The first-order valence-electron chi connectivity index (χ1n) is 5.67. The van der Waals surface area contributed by atoms with Gasteiger partial charge in [-0.2, -0.15) is 5.26 Å². The molecule has 1 saturated heterocycles. The van der Waals surface area contributed by atoms with E-state index in [4.69, 9.17) is 16.3 Å². The number of halogens is 1. The van der Waals surface area contributed by atoms with Crippen molar-refractivity contribution in [1.82, 2.24) is 0 Å². The summed E-state index contributed by atoms with van der Waals surface area (Å²) in [5.41, 5.74) is 0.259. The summed E-state index contributed by atoms with van der Waals surface area (Å²) in [4.78, 5) is 0. The van der Waals surface area contributed by atoms with Crippen LogP contribution in [-0.4, -0.2) is 18.8 Å². The van der Waals surface area contributed by atoms with E-state index in [2.05, 4.69) is 11.4 Å². The Kier molecular flexibility index (Phi) is 3.56. The highest BCUT2D eigenvalue weighted by molar-refractivity contribution is 6.30. The van der Waals surface area contributed by atoms with Crippen LogP contribution in [0.2, 0.25) is 5.02 Å². The highest BCUT2D eigenvalue weighted by Crippen LogP contribution is 2.29. The van der Waals surface area contributed by atoms with E-state index in [0.29, 0.717) is 11.6 Å². The molecule has 0 amide bonds. The summed E-state index contributed by atoms with van der Waals surface area (Å²) in [5, 5.41) is 13.3. The molecule has 1 aromatic rings. The van der Waals surface area contributed by atoms with E-state index >= 15 is 0 Å². The molecule has 2 rings (SSSR count). The van der Waals surface area contributed by atoms with Crippen molar-refractivity contribution < 1.29 is 4.74 Å². The number of nitriles is 1. The summed E-state index contributed by atoms with van der Waals surface area (Å²) in [5.74, 6) is 0.214.